The van der Waals surface area contributed by atoms with Crippen molar-refractivity contribution in [2.24, 2.45) is 0 Å². The molecule has 2 aromatic carbocycles. The minimum atomic E-state index is -0.485. The molecule has 0 aromatic heterocycles. The first kappa shape index (κ1) is 20.2. The average molecular weight is 372 g/mol. The molecule has 0 saturated carbocycles. The summed E-state index contributed by atoms with van der Waals surface area (Å²) in [7, 11) is 0. The molecule has 144 valence electrons. The molecule has 27 heavy (non-hydrogen) atoms. The van der Waals surface area contributed by atoms with E-state index in [4.69, 9.17) is 9.47 Å². The Bertz CT molecular complexity index is 820. The molecule has 0 unspecified atom stereocenters. The fraction of sp³-hybridized carbons (Fsp3) is 0.350. The van der Waals surface area contributed by atoms with E-state index < -0.39 is 4.92 Å². The van der Waals surface area contributed by atoms with E-state index in [2.05, 4.69) is 5.32 Å². The summed E-state index contributed by atoms with van der Waals surface area (Å²) in [5, 5.41) is 13.8. The summed E-state index contributed by atoms with van der Waals surface area (Å²) in [6, 6.07) is 10.2. The second kappa shape index (κ2) is 9.56. The fourth-order valence-corrected chi connectivity index (χ4v) is 2.73. The molecule has 0 aliphatic rings. The molecule has 0 aliphatic carbocycles. The number of nitrogens with one attached hydrogen (secondary N) is 1. The van der Waals surface area contributed by atoms with E-state index in [-0.39, 0.29) is 11.6 Å². The SMILES string of the molecule is CCOc1ccc(CCNC(=O)c2cccc([N+](=O)[O-])c2C)cc1OCC. The van der Waals surface area contributed by atoms with Crippen LogP contribution in [0.1, 0.15) is 35.3 Å². The number of hydrogen-bond donors (Lipinski definition) is 1. The molecular formula is C20H24N2O5. The van der Waals surface area contributed by atoms with Crippen molar-refractivity contribution in [1.82, 2.24) is 5.32 Å². The molecule has 7 heteroatoms. The van der Waals surface area contributed by atoms with Crippen LogP contribution < -0.4 is 14.8 Å². The van der Waals surface area contributed by atoms with Crippen molar-refractivity contribution in [2.75, 3.05) is 19.8 Å². The topological polar surface area (TPSA) is 90.7 Å². The lowest BCUT2D eigenvalue weighted by Crippen LogP contribution is -2.26. The van der Waals surface area contributed by atoms with Crippen LogP contribution in [0.15, 0.2) is 36.4 Å². The van der Waals surface area contributed by atoms with Gasteiger partial charge in [0.05, 0.1) is 18.1 Å². The third kappa shape index (κ3) is 5.20. The summed E-state index contributed by atoms with van der Waals surface area (Å²) < 4.78 is 11.1. The second-order valence-electron chi connectivity index (χ2n) is 5.86. The first-order valence-corrected chi connectivity index (χ1v) is 8.88. The number of carbonyl (C=O) groups excluding carboxylic acids is 1. The van der Waals surface area contributed by atoms with Crippen LogP contribution in [-0.4, -0.2) is 30.6 Å². The maximum atomic E-state index is 12.4. The normalized spacial score (nSPS) is 10.3. The molecule has 1 amide bonds. The van der Waals surface area contributed by atoms with Crippen molar-refractivity contribution in [1.29, 1.82) is 0 Å². The Hall–Kier alpha value is -3.09. The van der Waals surface area contributed by atoms with Crippen LogP contribution in [0.5, 0.6) is 11.5 Å². The summed E-state index contributed by atoms with van der Waals surface area (Å²) in [5.74, 6) is 1.05. The molecule has 0 heterocycles. The maximum Gasteiger partial charge on any atom is 0.273 e. The molecule has 0 bridgehead atoms. The molecule has 2 aromatic rings. The van der Waals surface area contributed by atoms with E-state index in [0.717, 1.165) is 5.56 Å². The van der Waals surface area contributed by atoms with E-state index >= 15 is 0 Å². The molecule has 2 rings (SSSR count). The molecule has 1 N–H and O–H groups in total. The van der Waals surface area contributed by atoms with E-state index in [0.29, 0.717) is 48.8 Å². The molecule has 7 nitrogen and oxygen atoms in total. The minimum Gasteiger partial charge on any atom is -0.490 e. The predicted molar refractivity (Wildman–Crippen MR) is 103 cm³/mol. The van der Waals surface area contributed by atoms with Gasteiger partial charge in [-0.3, -0.25) is 14.9 Å². The van der Waals surface area contributed by atoms with E-state index in [9.17, 15) is 14.9 Å². The zero-order valence-corrected chi connectivity index (χ0v) is 15.8. The number of carbonyl (C=O) groups is 1. The van der Waals surface area contributed by atoms with Crippen LogP contribution in [0.25, 0.3) is 0 Å². The minimum absolute atomic E-state index is 0.0597. The number of benzene rings is 2. The zero-order chi connectivity index (χ0) is 19.8. The summed E-state index contributed by atoms with van der Waals surface area (Å²) in [6.45, 7) is 6.89. The number of nitrogens with zero attached hydrogens (tertiary/aromatic N) is 1. The maximum absolute atomic E-state index is 12.4. The van der Waals surface area contributed by atoms with Gasteiger partial charge >= 0.3 is 0 Å². The van der Waals surface area contributed by atoms with E-state index in [1.54, 1.807) is 13.0 Å². The van der Waals surface area contributed by atoms with Crippen molar-refractivity contribution in [3.63, 3.8) is 0 Å². The lowest BCUT2D eigenvalue weighted by atomic mass is 10.1. The highest BCUT2D eigenvalue weighted by Crippen LogP contribution is 2.28. The highest BCUT2D eigenvalue weighted by Gasteiger charge is 2.17. The smallest absolute Gasteiger partial charge is 0.273 e. The van der Waals surface area contributed by atoms with Crippen LogP contribution in [0.4, 0.5) is 5.69 Å². The fourth-order valence-electron chi connectivity index (χ4n) is 2.73. The van der Waals surface area contributed by atoms with Gasteiger partial charge in [0.1, 0.15) is 0 Å². The van der Waals surface area contributed by atoms with Crippen LogP contribution in [0.3, 0.4) is 0 Å². The number of hydrogen-bond acceptors (Lipinski definition) is 5. The standard InChI is InChI=1S/C20H24N2O5/c1-4-26-18-10-9-15(13-19(18)27-5-2)11-12-21-20(23)16-7-6-8-17(14(16)3)22(24)25/h6-10,13H,4-5,11-12H2,1-3H3,(H,21,23). The van der Waals surface area contributed by atoms with E-state index in [1.165, 1.54) is 12.1 Å². The predicted octanol–water partition coefficient (Wildman–Crippen LogP) is 3.67. The first-order valence-electron chi connectivity index (χ1n) is 8.88. The number of rotatable bonds is 9. The van der Waals surface area contributed by atoms with Gasteiger partial charge in [0.2, 0.25) is 0 Å². The van der Waals surface area contributed by atoms with Crippen molar-refractivity contribution in [3.8, 4) is 11.5 Å². The largest absolute Gasteiger partial charge is 0.490 e. The van der Waals surface area contributed by atoms with Gasteiger partial charge in [-0.05, 0) is 51.0 Å². The summed E-state index contributed by atoms with van der Waals surface area (Å²) in [6.07, 6.45) is 0.603. The number of nitro benzene ring substituents is 1. The molecule has 0 spiro atoms. The van der Waals surface area contributed by atoms with Crippen molar-refractivity contribution in [2.45, 2.75) is 27.2 Å². The molecule has 0 radical (unpaired) electrons. The van der Waals surface area contributed by atoms with Crippen LogP contribution in [0.2, 0.25) is 0 Å². The number of ether oxygens (including phenoxy) is 2. The Balaban J connectivity index is 2.02. The summed E-state index contributed by atoms with van der Waals surface area (Å²) in [4.78, 5) is 22.9. The van der Waals surface area contributed by atoms with Crippen molar-refractivity contribution >= 4 is 11.6 Å². The van der Waals surface area contributed by atoms with Crippen LogP contribution >= 0.6 is 0 Å². The van der Waals surface area contributed by atoms with Gasteiger partial charge in [-0.1, -0.05) is 12.1 Å². The highest BCUT2D eigenvalue weighted by molar-refractivity contribution is 5.96. The van der Waals surface area contributed by atoms with Crippen molar-refractivity contribution < 1.29 is 19.2 Å². The number of amides is 1. The Morgan fingerprint density at radius 2 is 1.81 bits per heavy atom. The van der Waals surface area contributed by atoms with Gasteiger partial charge in [0.15, 0.2) is 11.5 Å². The van der Waals surface area contributed by atoms with Crippen LogP contribution in [0, 0.1) is 17.0 Å². The third-order valence-corrected chi connectivity index (χ3v) is 4.05. The second-order valence-corrected chi connectivity index (χ2v) is 5.86. The Morgan fingerprint density at radius 3 is 2.48 bits per heavy atom. The van der Waals surface area contributed by atoms with Crippen LogP contribution in [-0.2, 0) is 6.42 Å². The Morgan fingerprint density at radius 1 is 1.11 bits per heavy atom. The number of nitro groups is 1. The molecule has 0 atom stereocenters. The lowest BCUT2D eigenvalue weighted by Gasteiger charge is -2.13. The molecular weight excluding hydrogens is 348 g/mol. The van der Waals surface area contributed by atoms with Gasteiger partial charge in [-0.25, -0.2) is 0 Å². The third-order valence-electron chi connectivity index (χ3n) is 4.05. The van der Waals surface area contributed by atoms with E-state index in [1.807, 2.05) is 32.0 Å². The summed E-state index contributed by atoms with van der Waals surface area (Å²) >= 11 is 0. The Labute approximate surface area is 158 Å². The monoisotopic (exact) mass is 372 g/mol. The van der Waals surface area contributed by atoms with Gasteiger partial charge in [-0.15, -0.1) is 0 Å². The zero-order valence-electron chi connectivity index (χ0n) is 15.8. The highest BCUT2D eigenvalue weighted by atomic mass is 16.6. The molecule has 0 fully saturated rings. The van der Waals surface area contributed by atoms with Crippen molar-refractivity contribution in [3.05, 3.63) is 63.2 Å². The van der Waals surface area contributed by atoms with Gasteiger partial charge in [-0.2, -0.15) is 0 Å². The quantitative estimate of drug-likeness (QED) is 0.536. The lowest BCUT2D eigenvalue weighted by molar-refractivity contribution is -0.385. The molecule has 0 saturated heterocycles. The van der Waals surface area contributed by atoms with Gasteiger partial charge < -0.3 is 14.8 Å². The summed E-state index contributed by atoms with van der Waals surface area (Å²) in [5.41, 5.74) is 1.61. The molecule has 0 aliphatic heterocycles. The first-order chi connectivity index (χ1) is 13.0. The average Bonchev–Trinajstić information content (AvgIpc) is 2.64. The van der Waals surface area contributed by atoms with Gasteiger partial charge in [0, 0.05) is 23.7 Å². The van der Waals surface area contributed by atoms with Gasteiger partial charge in [0.25, 0.3) is 11.6 Å². The Kier molecular flexibility index (Phi) is 7.16.